The summed E-state index contributed by atoms with van der Waals surface area (Å²) in [5, 5.41) is 3.50. The van der Waals surface area contributed by atoms with Crippen LogP contribution in [-0.2, 0) is 6.54 Å². The van der Waals surface area contributed by atoms with Crippen LogP contribution in [0.1, 0.15) is 71.8 Å². The van der Waals surface area contributed by atoms with Gasteiger partial charge in [-0.05, 0) is 33.3 Å². The molecular formula is C18H32N2O. The van der Waals surface area contributed by atoms with Crippen LogP contribution in [0.5, 0.6) is 5.75 Å². The number of pyridine rings is 1. The lowest BCUT2D eigenvalue weighted by Gasteiger charge is -2.21. The molecule has 1 aromatic rings. The highest BCUT2D eigenvalue weighted by atomic mass is 16.5. The van der Waals surface area contributed by atoms with E-state index < -0.39 is 0 Å². The molecule has 1 heterocycles. The molecule has 0 aliphatic carbocycles. The van der Waals surface area contributed by atoms with Crippen molar-refractivity contribution in [2.75, 3.05) is 6.61 Å². The topological polar surface area (TPSA) is 34.1 Å². The standard InChI is InChI=1S/C18H32N2O/c1-5-6-7-8-9-10-13-21-17-15-19-12-11-16(17)14-20-18(2,3)4/h11-12,15,20H,5-10,13-14H2,1-4H3. The van der Waals surface area contributed by atoms with E-state index in [2.05, 4.69) is 38.0 Å². The first-order valence-electron chi connectivity index (χ1n) is 8.33. The lowest BCUT2D eigenvalue weighted by Crippen LogP contribution is -2.35. The van der Waals surface area contributed by atoms with Gasteiger partial charge in [0.25, 0.3) is 0 Å². The number of nitrogens with one attached hydrogen (secondary N) is 1. The Kier molecular flexibility index (Phi) is 8.36. The average Bonchev–Trinajstić information content (AvgIpc) is 2.44. The maximum absolute atomic E-state index is 5.91. The normalized spacial score (nSPS) is 11.6. The zero-order chi connectivity index (χ0) is 15.6. The molecule has 0 saturated heterocycles. The lowest BCUT2D eigenvalue weighted by molar-refractivity contribution is 0.298. The zero-order valence-corrected chi connectivity index (χ0v) is 14.2. The van der Waals surface area contributed by atoms with Gasteiger partial charge in [0, 0.05) is 23.8 Å². The summed E-state index contributed by atoms with van der Waals surface area (Å²) in [4.78, 5) is 4.18. The van der Waals surface area contributed by atoms with Gasteiger partial charge in [-0.15, -0.1) is 0 Å². The molecule has 0 fully saturated rings. The fourth-order valence-electron chi connectivity index (χ4n) is 2.11. The second kappa shape index (κ2) is 9.78. The lowest BCUT2D eigenvalue weighted by atomic mass is 10.1. The van der Waals surface area contributed by atoms with Crippen LogP contribution in [-0.4, -0.2) is 17.1 Å². The van der Waals surface area contributed by atoms with E-state index in [0.717, 1.165) is 25.3 Å². The van der Waals surface area contributed by atoms with Gasteiger partial charge in [0.1, 0.15) is 5.75 Å². The number of hydrogen-bond donors (Lipinski definition) is 1. The highest BCUT2D eigenvalue weighted by molar-refractivity contribution is 5.29. The molecular weight excluding hydrogens is 260 g/mol. The molecule has 0 aliphatic heterocycles. The Bertz CT molecular complexity index is 385. The van der Waals surface area contributed by atoms with Crippen LogP contribution in [0.3, 0.4) is 0 Å². The third kappa shape index (κ3) is 8.71. The summed E-state index contributed by atoms with van der Waals surface area (Å²) in [5.41, 5.74) is 1.30. The zero-order valence-electron chi connectivity index (χ0n) is 14.2. The largest absolute Gasteiger partial charge is 0.492 e. The highest BCUT2D eigenvalue weighted by Gasteiger charge is 2.10. The van der Waals surface area contributed by atoms with E-state index >= 15 is 0 Å². The summed E-state index contributed by atoms with van der Waals surface area (Å²) in [7, 11) is 0. The predicted octanol–water partition coefficient (Wildman–Crippen LogP) is 4.71. The summed E-state index contributed by atoms with van der Waals surface area (Å²) in [6.07, 6.45) is 11.4. The van der Waals surface area contributed by atoms with Gasteiger partial charge in [0.2, 0.25) is 0 Å². The third-order valence-electron chi connectivity index (χ3n) is 3.43. The van der Waals surface area contributed by atoms with Crippen molar-refractivity contribution in [3.63, 3.8) is 0 Å². The number of nitrogens with zero attached hydrogens (tertiary/aromatic N) is 1. The number of unbranched alkanes of at least 4 members (excludes halogenated alkanes) is 5. The minimum atomic E-state index is 0.111. The Morgan fingerprint density at radius 2 is 1.81 bits per heavy atom. The summed E-state index contributed by atoms with van der Waals surface area (Å²) in [5.74, 6) is 0.919. The van der Waals surface area contributed by atoms with Crippen LogP contribution in [0.4, 0.5) is 0 Å². The van der Waals surface area contributed by atoms with Crippen molar-refractivity contribution in [3.8, 4) is 5.75 Å². The molecule has 0 saturated carbocycles. The van der Waals surface area contributed by atoms with Gasteiger partial charge in [0.15, 0.2) is 0 Å². The van der Waals surface area contributed by atoms with Crippen molar-refractivity contribution in [2.24, 2.45) is 0 Å². The van der Waals surface area contributed by atoms with Crippen LogP contribution in [0, 0.1) is 0 Å². The molecule has 0 amide bonds. The molecule has 0 atom stereocenters. The summed E-state index contributed by atoms with van der Waals surface area (Å²) in [6, 6.07) is 2.04. The van der Waals surface area contributed by atoms with Crippen molar-refractivity contribution < 1.29 is 4.74 Å². The van der Waals surface area contributed by atoms with Crippen molar-refractivity contribution in [2.45, 2.75) is 78.3 Å². The first kappa shape index (κ1) is 18.0. The van der Waals surface area contributed by atoms with Gasteiger partial charge in [-0.2, -0.15) is 0 Å². The number of hydrogen-bond acceptors (Lipinski definition) is 3. The van der Waals surface area contributed by atoms with E-state index in [-0.39, 0.29) is 5.54 Å². The van der Waals surface area contributed by atoms with Crippen LogP contribution in [0.15, 0.2) is 18.5 Å². The molecule has 0 bridgehead atoms. The SMILES string of the molecule is CCCCCCCCOc1cnccc1CNC(C)(C)C. The van der Waals surface area contributed by atoms with Crippen LogP contribution < -0.4 is 10.1 Å². The Hall–Kier alpha value is -1.09. The van der Waals surface area contributed by atoms with Gasteiger partial charge in [-0.1, -0.05) is 39.0 Å². The van der Waals surface area contributed by atoms with Crippen LogP contribution in [0.2, 0.25) is 0 Å². The van der Waals surface area contributed by atoms with E-state index in [9.17, 15) is 0 Å². The van der Waals surface area contributed by atoms with Crippen molar-refractivity contribution in [1.29, 1.82) is 0 Å². The van der Waals surface area contributed by atoms with Gasteiger partial charge >= 0.3 is 0 Å². The summed E-state index contributed by atoms with van der Waals surface area (Å²) < 4.78 is 5.91. The first-order valence-corrected chi connectivity index (χ1v) is 8.33. The van der Waals surface area contributed by atoms with Gasteiger partial charge in [-0.25, -0.2) is 0 Å². The fourth-order valence-corrected chi connectivity index (χ4v) is 2.11. The van der Waals surface area contributed by atoms with Gasteiger partial charge < -0.3 is 10.1 Å². The molecule has 1 aromatic heterocycles. The van der Waals surface area contributed by atoms with E-state index in [1.54, 1.807) is 0 Å². The first-order chi connectivity index (χ1) is 10.0. The molecule has 0 unspecified atom stereocenters. The van der Waals surface area contributed by atoms with Gasteiger partial charge in [-0.3, -0.25) is 4.98 Å². The summed E-state index contributed by atoms with van der Waals surface area (Å²) >= 11 is 0. The quantitative estimate of drug-likeness (QED) is 0.634. The second-order valence-corrected chi connectivity index (χ2v) is 6.70. The van der Waals surface area contributed by atoms with Crippen molar-refractivity contribution in [1.82, 2.24) is 10.3 Å². The maximum Gasteiger partial charge on any atom is 0.142 e. The maximum atomic E-state index is 5.91. The molecule has 0 aliphatic rings. The number of ether oxygens (including phenoxy) is 1. The Balaban J connectivity index is 2.31. The van der Waals surface area contributed by atoms with Crippen molar-refractivity contribution >= 4 is 0 Å². The molecule has 0 spiro atoms. The van der Waals surface area contributed by atoms with E-state index in [0.29, 0.717) is 0 Å². The van der Waals surface area contributed by atoms with E-state index in [1.807, 2.05) is 18.5 Å². The Morgan fingerprint density at radius 3 is 2.52 bits per heavy atom. The molecule has 3 heteroatoms. The smallest absolute Gasteiger partial charge is 0.142 e. The molecule has 0 aromatic carbocycles. The Morgan fingerprint density at radius 1 is 1.10 bits per heavy atom. The van der Waals surface area contributed by atoms with Crippen molar-refractivity contribution in [3.05, 3.63) is 24.0 Å². The molecule has 1 N–H and O–H groups in total. The molecule has 21 heavy (non-hydrogen) atoms. The second-order valence-electron chi connectivity index (χ2n) is 6.70. The molecule has 1 rings (SSSR count). The average molecular weight is 292 g/mol. The number of rotatable bonds is 10. The monoisotopic (exact) mass is 292 g/mol. The van der Waals surface area contributed by atoms with Crippen LogP contribution >= 0.6 is 0 Å². The highest BCUT2D eigenvalue weighted by Crippen LogP contribution is 2.18. The van der Waals surface area contributed by atoms with E-state index in [1.165, 1.54) is 37.7 Å². The van der Waals surface area contributed by atoms with Gasteiger partial charge in [0.05, 0.1) is 12.8 Å². The minimum absolute atomic E-state index is 0.111. The van der Waals surface area contributed by atoms with Crippen LogP contribution in [0.25, 0.3) is 0 Å². The molecule has 0 radical (unpaired) electrons. The molecule has 120 valence electrons. The minimum Gasteiger partial charge on any atom is -0.492 e. The summed E-state index contributed by atoms with van der Waals surface area (Å²) in [6.45, 7) is 10.4. The predicted molar refractivity (Wildman–Crippen MR) is 89.7 cm³/mol. The van der Waals surface area contributed by atoms with E-state index in [4.69, 9.17) is 4.74 Å². The molecule has 3 nitrogen and oxygen atoms in total. The fraction of sp³-hybridized carbons (Fsp3) is 0.722. The Labute approximate surface area is 130 Å². The third-order valence-corrected chi connectivity index (χ3v) is 3.43. The number of aromatic nitrogens is 1.